The van der Waals surface area contributed by atoms with Gasteiger partial charge in [-0.25, -0.2) is 0 Å². The number of piperidine rings is 1. The van der Waals surface area contributed by atoms with E-state index in [9.17, 15) is 19.2 Å². The summed E-state index contributed by atoms with van der Waals surface area (Å²) in [7, 11) is 3.05. The van der Waals surface area contributed by atoms with Crippen LogP contribution in [0.25, 0.3) is 0 Å². The molecular formula is C29H31N3O6. The van der Waals surface area contributed by atoms with Gasteiger partial charge in [-0.2, -0.15) is 0 Å². The molecule has 3 aliphatic rings. The van der Waals surface area contributed by atoms with E-state index in [4.69, 9.17) is 9.47 Å². The Balaban J connectivity index is 1.53. The van der Waals surface area contributed by atoms with Crippen molar-refractivity contribution in [1.82, 2.24) is 9.80 Å². The van der Waals surface area contributed by atoms with Crippen LogP contribution in [0.1, 0.15) is 38.7 Å². The molecule has 2 bridgehead atoms. The molecule has 0 aliphatic carbocycles. The number of Topliss-reactive ketones (excluding diaryl/α,β-unsaturated/α-hetero) is 1. The van der Waals surface area contributed by atoms with Crippen LogP contribution in [0.2, 0.25) is 0 Å². The number of rotatable bonds is 6. The lowest BCUT2D eigenvalue weighted by atomic mass is 9.78. The van der Waals surface area contributed by atoms with Gasteiger partial charge in [-0.05, 0) is 38.7 Å². The van der Waals surface area contributed by atoms with Crippen LogP contribution in [0.4, 0.5) is 5.69 Å². The molecule has 2 atom stereocenters. The number of benzene rings is 2. The van der Waals surface area contributed by atoms with Gasteiger partial charge in [0.25, 0.3) is 11.8 Å². The van der Waals surface area contributed by atoms with Crippen molar-refractivity contribution in [2.45, 2.75) is 50.6 Å². The second-order valence-corrected chi connectivity index (χ2v) is 10.3. The van der Waals surface area contributed by atoms with E-state index in [-0.39, 0.29) is 18.4 Å². The first-order chi connectivity index (χ1) is 18.2. The number of carbonyl (C=O) groups excluding carboxylic acids is 4. The summed E-state index contributed by atoms with van der Waals surface area (Å²) in [5.41, 5.74) is 0.718. The fraction of sp³-hybridized carbons (Fsp3) is 0.379. The zero-order chi connectivity index (χ0) is 27.2. The Bertz CT molecular complexity index is 1310. The highest BCUT2D eigenvalue weighted by atomic mass is 16.5. The van der Waals surface area contributed by atoms with Gasteiger partial charge in [0.1, 0.15) is 24.1 Å². The Morgan fingerprint density at radius 3 is 2.18 bits per heavy atom. The molecule has 38 heavy (non-hydrogen) atoms. The first-order valence-electron chi connectivity index (χ1n) is 12.7. The monoisotopic (exact) mass is 517 g/mol. The SMILES string of the molecule is COc1cc(OC)cc(N2C=C3C4CCCC(C(=O)N3CC2=O)N4C(=O)C(=O)C(C)(C)c2ccccc2)c1. The third-order valence-corrected chi connectivity index (χ3v) is 7.76. The first-order valence-corrected chi connectivity index (χ1v) is 12.7. The van der Waals surface area contributed by atoms with E-state index >= 15 is 0 Å². The molecule has 2 aromatic rings. The van der Waals surface area contributed by atoms with Gasteiger partial charge >= 0.3 is 0 Å². The molecule has 2 aromatic carbocycles. The average Bonchev–Trinajstić information content (AvgIpc) is 2.94. The lowest BCUT2D eigenvalue weighted by Crippen LogP contribution is -2.68. The lowest BCUT2D eigenvalue weighted by Gasteiger charge is -2.52. The highest BCUT2D eigenvalue weighted by molar-refractivity contribution is 6.40. The third-order valence-electron chi connectivity index (χ3n) is 7.76. The number of piperazine rings is 1. The second-order valence-electron chi connectivity index (χ2n) is 10.3. The molecule has 3 heterocycles. The van der Waals surface area contributed by atoms with Crippen LogP contribution < -0.4 is 14.4 Å². The predicted octanol–water partition coefficient (Wildman–Crippen LogP) is 3.03. The van der Waals surface area contributed by atoms with Crippen molar-refractivity contribution in [3.63, 3.8) is 0 Å². The number of carbonyl (C=O) groups is 4. The summed E-state index contributed by atoms with van der Waals surface area (Å²) in [6, 6.07) is 13.0. The van der Waals surface area contributed by atoms with E-state index in [2.05, 4.69) is 0 Å². The fourth-order valence-corrected chi connectivity index (χ4v) is 5.56. The minimum atomic E-state index is -1.06. The van der Waals surface area contributed by atoms with Gasteiger partial charge in [0.15, 0.2) is 0 Å². The quantitative estimate of drug-likeness (QED) is 0.547. The largest absolute Gasteiger partial charge is 0.497 e. The molecule has 9 heteroatoms. The molecule has 0 spiro atoms. The Kier molecular flexibility index (Phi) is 6.46. The summed E-state index contributed by atoms with van der Waals surface area (Å²) in [4.78, 5) is 58.6. The number of amides is 3. The zero-order valence-corrected chi connectivity index (χ0v) is 22.0. The van der Waals surface area contributed by atoms with Crippen LogP contribution in [0.15, 0.2) is 60.4 Å². The maximum atomic E-state index is 13.8. The molecule has 198 valence electrons. The van der Waals surface area contributed by atoms with Gasteiger partial charge in [0.2, 0.25) is 11.7 Å². The van der Waals surface area contributed by atoms with E-state index < -0.39 is 29.2 Å². The van der Waals surface area contributed by atoms with Gasteiger partial charge in [-0.15, -0.1) is 0 Å². The molecular weight excluding hydrogens is 486 g/mol. The van der Waals surface area contributed by atoms with E-state index in [0.717, 1.165) is 12.0 Å². The van der Waals surface area contributed by atoms with Crippen LogP contribution >= 0.6 is 0 Å². The highest BCUT2D eigenvalue weighted by Gasteiger charge is 2.53. The lowest BCUT2D eigenvalue weighted by molar-refractivity contribution is -0.161. The first kappa shape index (κ1) is 25.5. The van der Waals surface area contributed by atoms with Gasteiger partial charge in [0, 0.05) is 24.4 Å². The van der Waals surface area contributed by atoms with E-state index in [1.54, 1.807) is 38.2 Å². The third kappa shape index (κ3) is 4.12. The molecule has 9 nitrogen and oxygen atoms in total. The Hall–Kier alpha value is -4.14. The second kappa shape index (κ2) is 9.63. The maximum Gasteiger partial charge on any atom is 0.292 e. The maximum absolute atomic E-state index is 13.8. The van der Waals surface area contributed by atoms with Crippen LogP contribution in [0, 0.1) is 0 Å². The molecule has 0 radical (unpaired) electrons. The molecule has 3 aliphatic heterocycles. The number of hydrogen-bond donors (Lipinski definition) is 0. The number of fused-ring (bicyclic) bond motifs is 4. The Morgan fingerprint density at radius 1 is 0.921 bits per heavy atom. The number of methoxy groups -OCH3 is 2. The summed E-state index contributed by atoms with van der Waals surface area (Å²) >= 11 is 0. The van der Waals surface area contributed by atoms with Crippen molar-refractivity contribution in [3.05, 3.63) is 66.0 Å². The van der Waals surface area contributed by atoms with Gasteiger partial charge in [-0.1, -0.05) is 30.3 Å². The van der Waals surface area contributed by atoms with Crippen molar-refractivity contribution in [2.24, 2.45) is 0 Å². The molecule has 2 saturated heterocycles. The van der Waals surface area contributed by atoms with Crippen LogP contribution in [-0.4, -0.2) is 66.2 Å². The average molecular weight is 518 g/mol. The normalized spacial score (nSPS) is 21.1. The molecule has 3 amide bonds. The molecule has 0 N–H and O–H groups in total. The number of ether oxygens (including phenoxy) is 2. The van der Waals surface area contributed by atoms with Crippen molar-refractivity contribution in [2.75, 3.05) is 25.7 Å². The molecule has 0 aromatic heterocycles. The molecule has 2 unspecified atom stereocenters. The number of hydrogen-bond acceptors (Lipinski definition) is 6. The molecule has 0 saturated carbocycles. The number of ketones is 1. The van der Waals surface area contributed by atoms with Crippen LogP contribution in [0.3, 0.4) is 0 Å². The summed E-state index contributed by atoms with van der Waals surface area (Å²) in [5, 5.41) is 0. The van der Waals surface area contributed by atoms with Gasteiger partial charge in [0.05, 0.1) is 37.1 Å². The summed E-state index contributed by atoms with van der Waals surface area (Å²) in [5.74, 6) is -0.844. The fourth-order valence-electron chi connectivity index (χ4n) is 5.56. The standard InChI is InChI=1S/C29H31N3O6/c1-29(2,18-9-6-5-7-10-18)26(34)28(36)32-22-11-8-12-23(32)27(35)31-17-25(33)30(16-24(22)31)19-13-20(37-3)15-21(14-19)38-4/h5-7,9-10,13-16,22-23H,8,11-12,17H2,1-4H3. The van der Waals surface area contributed by atoms with Gasteiger partial charge in [-0.3, -0.25) is 24.1 Å². The smallest absolute Gasteiger partial charge is 0.292 e. The van der Waals surface area contributed by atoms with Crippen molar-refractivity contribution < 1.29 is 28.7 Å². The predicted molar refractivity (Wildman–Crippen MR) is 140 cm³/mol. The number of nitrogens with zero attached hydrogens (tertiary/aromatic N) is 3. The Morgan fingerprint density at radius 2 is 1.55 bits per heavy atom. The van der Waals surface area contributed by atoms with E-state index in [0.29, 0.717) is 35.7 Å². The minimum absolute atomic E-state index is 0.150. The van der Waals surface area contributed by atoms with Gasteiger partial charge < -0.3 is 19.3 Å². The minimum Gasteiger partial charge on any atom is -0.497 e. The highest BCUT2D eigenvalue weighted by Crippen LogP contribution is 2.40. The van der Waals surface area contributed by atoms with Crippen molar-refractivity contribution in [1.29, 1.82) is 0 Å². The van der Waals surface area contributed by atoms with Crippen LogP contribution in [0.5, 0.6) is 11.5 Å². The topological polar surface area (TPSA) is 96.5 Å². The molecule has 2 fully saturated rings. The molecule has 5 rings (SSSR count). The van der Waals surface area contributed by atoms with E-state index in [1.807, 2.05) is 30.3 Å². The van der Waals surface area contributed by atoms with Crippen LogP contribution in [-0.2, 0) is 24.6 Å². The van der Waals surface area contributed by atoms with Crippen molar-refractivity contribution in [3.8, 4) is 11.5 Å². The summed E-state index contributed by atoms with van der Waals surface area (Å²) in [6.45, 7) is 3.31. The zero-order valence-electron chi connectivity index (χ0n) is 22.0. The number of anilines is 1. The summed E-state index contributed by atoms with van der Waals surface area (Å²) in [6.07, 6.45) is 3.37. The Labute approximate surface area is 221 Å². The van der Waals surface area contributed by atoms with Crippen molar-refractivity contribution >= 4 is 29.2 Å². The van der Waals surface area contributed by atoms with E-state index in [1.165, 1.54) is 28.9 Å². The summed E-state index contributed by atoms with van der Waals surface area (Å²) < 4.78 is 10.7.